The molecule has 3 heteroatoms. The highest BCUT2D eigenvalue weighted by atomic mass is 79.9. The lowest BCUT2D eigenvalue weighted by molar-refractivity contribution is 0.176. The molecule has 3 atom stereocenters. The fraction of sp³-hybridized carbons (Fsp3) is 0.625. The van der Waals surface area contributed by atoms with Crippen LogP contribution in [0.2, 0.25) is 0 Å². The van der Waals surface area contributed by atoms with Crippen molar-refractivity contribution in [1.29, 1.82) is 0 Å². The molecule has 1 fully saturated rings. The van der Waals surface area contributed by atoms with E-state index in [2.05, 4.69) is 53.4 Å². The maximum absolute atomic E-state index is 5.88. The average Bonchev–Trinajstić information content (AvgIpc) is 2.44. The van der Waals surface area contributed by atoms with E-state index in [0.29, 0.717) is 5.92 Å². The summed E-state index contributed by atoms with van der Waals surface area (Å²) in [5, 5.41) is 0. The van der Waals surface area contributed by atoms with E-state index in [0.717, 1.165) is 5.92 Å². The van der Waals surface area contributed by atoms with Crippen LogP contribution < -0.4 is 11.3 Å². The highest BCUT2D eigenvalue weighted by Gasteiger charge is 2.31. The van der Waals surface area contributed by atoms with Crippen LogP contribution in [0, 0.1) is 18.8 Å². The Hall–Kier alpha value is -0.380. The molecule has 1 aliphatic rings. The Morgan fingerprint density at radius 1 is 1.37 bits per heavy atom. The molecule has 2 rings (SSSR count). The normalized spacial score (nSPS) is 25.3. The molecule has 0 aliphatic heterocycles. The van der Waals surface area contributed by atoms with Crippen molar-refractivity contribution in [2.24, 2.45) is 17.7 Å². The van der Waals surface area contributed by atoms with E-state index >= 15 is 0 Å². The maximum Gasteiger partial charge on any atom is 0.0491 e. The van der Waals surface area contributed by atoms with Gasteiger partial charge in [-0.05, 0) is 42.4 Å². The van der Waals surface area contributed by atoms with Crippen LogP contribution in [-0.2, 0) is 0 Å². The molecule has 0 heterocycles. The smallest absolute Gasteiger partial charge is 0.0491 e. The molecule has 3 N–H and O–H groups in total. The summed E-state index contributed by atoms with van der Waals surface area (Å²) in [6.07, 6.45) is 6.62. The zero-order valence-electron chi connectivity index (χ0n) is 12.0. The van der Waals surface area contributed by atoms with Gasteiger partial charge in [-0.25, -0.2) is 0 Å². The first-order valence-corrected chi connectivity index (χ1v) is 8.18. The average molecular weight is 325 g/mol. The van der Waals surface area contributed by atoms with Crippen LogP contribution in [0.4, 0.5) is 0 Å². The minimum absolute atomic E-state index is 0.280. The van der Waals surface area contributed by atoms with E-state index in [9.17, 15) is 0 Å². The lowest BCUT2D eigenvalue weighted by Gasteiger charge is -2.37. The summed E-state index contributed by atoms with van der Waals surface area (Å²) in [7, 11) is 0. The second-order valence-corrected chi connectivity index (χ2v) is 6.62. The van der Waals surface area contributed by atoms with Crippen LogP contribution in [0.5, 0.6) is 0 Å². The molecule has 1 saturated carbocycles. The van der Waals surface area contributed by atoms with Crippen molar-refractivity contribution in [3.05, 3.63) is 33.8 Å². The molecule has 1 aromatic carbocycles. The van der Waals surface area contributed by atoms with Gasteiger partial charge in [-0.3, -0.25) is 11.3 Å². The summed E-state index contributed by atoms with van der Waals surface area (Å²) >= 11 is 3.63. The van der Waals surface area contributed by atoms with E-state index in [4.69, 9.17) is 5.84 Å². The standard InChI is InChI=1S/C16H25BrN2/c1-3-12-6-4-5-7-14(12)16(19-18)13-9-8-11(2)15(17)10-13/h8-10,12,14,16,19H,3-7,18H2,1-2H3. The van der Waals surface area contributed by atoms with Gasteiger partial charge in [0.25, 0.3) is 0 Å². The molecular weight excluding hydrogens is 300 g/mol. The molecule has 106 valence electrons. The summed E-state index contributed by atoms with van der Waals surface area (Å²) in [5.41, 5.74) is 5.66. The second-order valence-electron chi connectivity index (χ2n) is 5.77. The first-order valence-electron chi connectivity index (χ1n) is 7.39. The molecule has 2 nitrogen and oxygen atoms in total. The third-order valence-corrected chi connectivity index (χ3v) is 5.51. The Morgan fingerprint density at radius 3 is 2.74 bits per heavy atom. The van der Waals surface area contributed by atoms with Crippen LogP contribution in [0.15, 0.2) is 22.7 Å². The van der Waals surface area contributed by atoms with Gasteiger partial charge in [0.15, 0.2) is 0 Å². The number of hydrogen-bond donors (Lipinski definition) is 2. The summed E-state index contributed by atoms with van der Waals surface area (Å²) < 4.78 is 1.18. The second kappa shape index (κ2) is 6.87. The Kier molecular flexibility index (Phi) is 5.43. The van der Waals surface area contributed by atoms with Gasteiger partial charge in [0, 0.05) is 10.5 Å². The van der Waals surface area contributed by atoms with Crippen LogP contribution >= 0.6 is 15.9 Å². The van der Waals surface area contributed by atoms with Crippen molar-refractivity contribution in [2.75, 3.05) is 0 Å². The minimum atomic E-state index is 0.280. The number of hydrazine groups is 1. The van der Waals surface area contributed by atoms with Crippen LogP contribution in [-0.4, -0.2) is 0 Å². The Labute approximate surface area is 125 Å². The topological polar surface area (TPSA) is 38.0 Å². The first-order chi connectivity index (χ1) is 9.17. The van der Waals surface area contributed by atoms with Gasteiger partial charge < -0.3 is 0 Å². The van der Waals surface area contributed by atoms with Crippen LogP contribution in [0.3, 0.4) is 0 Å². The molecule has 0 saturated heterocycles. The molecular formula is C16H25BrN2. The summed E-state index contributed by atoms with van der Waals surface area (Å²) in [6, 6.07) is 6.89. The molecule has 0 amide bonds. The lowest BCUT2D eigenvalue weighted by Crippen LogP contribution is -2.38. The van der Waals surface area contributed by atoms with Crippen molar-refractivity contribution in [2.45, 2.75) is 52.0 Å². The highest BCUT2D eigenvalue weighted by molar-refractivity contribution is 9.10. The minimum Gasteiger partial charge on any atom is -0.271 e. The quantitative estimate of drug-likeness (QED) is 0.633. The van der Waals surface area contributed by atoms with Gasteiger partial charge in [0.05, 0.1) is 0 Å². The van der Waals surface area contributed by atoms with Crippen molar-refractivity contribution in [3.63, 3.8) is 0 Å². The molecule has 3 unspecified atom stereocenters. The first kappa shape index (κ1) is 15.0. The van der Waals surface area contributed by atoms with E-state index in [-0.39, 0.29) is 6.04 Å². The molecule has 1 aliphatic carbocycles. The summed E-state index contributed by atoms with van der Waals surface area (Å²) in [6.45, 7) is 4.43. The zero-order chi connectivity index (χ0) is 13.8. The fourth-order valence-electron chi connectivity index (χ4n) is 3.45. The van der Waals surface area contributed by atoms with Gasteiger partial charge in [-0.2, -0.15) is 0 Å². The number of rotatable bonds is 4. The predicted octanol–water partition coefficient (Wildman–Crippen LogP) is 4.48. The number of hydrogen-bond acceptors (Lipinski definition) is 2. The Morgan fingerprint density at radius 2 is 2.11 bits per heavy atom. The summed E-state index contributed by atoms with van der Waals surface area (Å²) in [4.78, 5) is 0. The van der Waals surface area contributed by atoms with Crippen molar-refractivity contribution in [3.8, 4) is 0 Å². The number of benzene rings is 1. The predicted molar refractivity (Wildman–Crippen MR) is 84.7 cm³/mol. The number of aryl methyl sites for hydroxylation is 1. The maximum atomic E-state index is 5.88. The third kappa shape index (κ3) is 3.39. The molecule has 0 radical (unpaired) electrons. The van der Waals surface area contributed by atoms with Crippen LogP contribution in [0.25, 0.3) is 0 Å². The SMILES string of the molecule is CCC1CCCCC1C(NN)c1ccc(C)c(Br)c1. The molecule has 0 spiro atoms. The van der Waals surface area contributed by atoms with Crippen molar-refractivity contribution < 1.29 is 0 Å². The Balaban J connectivity index is 2.24. The molecule has 0 aromatic heterocycles. The summed E-state index contributed by atoms with van der Waals surface area (Å²) in [5.74, 6) is 7.34. The Bertz CT molecular complexity index is 419. The lowest BCUT2D eigenvalue weighted by atomic mass is 9.72. The van der Waals surface area contributed by atoms with Gasteiger partial charge >= 0.3 is 0 Å². The number of halogens is 1. The van der Waals surface area contributed by atoms with E-state index in [1.807, 2.05) is 0 Å². The largest absolute Gasteiger partial charge is 0.271 e. The van der Waals surface area contributed by atoms with E-state index in [1.54, 1.807) is 0 Å². The molecule has 19 heavy (non-hydrogen) atoms. The van der Waals surface area contributed by atoms with Crippen molar-refractivity contribution in [1.82, 2.24) is 5.43 Å². The number of nitrogens with one attached hydrogen (secondary N) is 1. The van der Waals surface area contributed by atoms with E-state index < -0.39 is 0 Å². The third-order valence-electron chi connectivity index (χ3n) is 4.65. The van der Waals surface area contributed by atoms with Gasteiger partial charge in [0.1, 0.15) is 0 Å². The van der Waals surface area contributed by atoms with Crippen LogP contribution in [0.1, 0.15) is 56.2 Å². The highest BCUT2D eigenvalue weighted by Crippen LogP contribution is 2.40. The van der Waals surface area contributed by atoms with Crippen molar-refractivity contribution >= 4 is 15.9 Å². The van der Waals surface area contributed by atoms with Gasteiger partial charge in [0.2, 0.25) is 0 Å². The van der Waals surface area contributed by atoms with Gasteiger partial charge in [-0.1, -0.05) is 60.7 Å². The fourth-order valence-corrected chi connectivity index (χ4v) is 3.85. The van der Waals surface area contributed by atoms with E-state index in [1.165, 1.54) is 47.7 Å². The zero-order valence-corrected chi connectivity index (χ0v) is 13.5. The van der Waals surface area contributed by atoms with Gasteiger partial charge in [-0.15, -0.1) is 0 Å². The monoisotopic (exact) mass is 324 g/mol. The number of nitrogens with two attached hydrogens (primary N) is 1. The molecule has 0 bridgehead atoms. The molecule has 1 aromatic rings.